The molecule has 0 bridgehead atoms. The van der Waals surface area contributed by atoms with E-state index >= 15 is 0 Å². The first-order valence-electron chi connectivity index (χ1n) is 16.8. The zero-order chi connectivity index (χ0) is 36.5. The summed E-state index contributed by atoms with van der Waals surface area (Å²) >= 11 is 6.34. The molecule has 2 amide bonds. The molecule has 0 saturated heterocycles. The van der Waals surface area contributed by atoms with Crippen molar-refractivity contribution in [3.63, 3.8) is 0 Å². The van der Waals surface area contributed by atoms with Crippen molar-refractivity contribution in [1.29, 1.82) is 0 Å². The van der Waals surface area contributed by atoms with Crippen molar-refractivity contribution in [2.45, 2.75) is 69.0 Å². The summed E-state index contributed by atoms with van der Waals surface area (Å²) in [6, 6.07) is 24.9. The van der Waals surface area contributed by atoms with Crippen molar-refractivity contribution in [1.82, 2.24) is 10.2 Å². The summed E-state index contributed by atoms with van der Waals surface area (Å²) in [5.41, 5.74) is 1.50. The summed E-state index contributed by atoms with van der Waals surface area (Å²) in [5, 5.41) is 15.4. The van der Waals surface area contributed by atoms with Crippen LogP contribution in [-0.2, 0) is 32.6 Å². The van der Waals surface area contributed by atoms with Crippen LogP contribution in [0.2, 0.25) is 5.02 Å². The number of anilines is 1. The standard InChI is InChI=1S/C38H41ClN4O7S/c1-27-16-21-34(24-35(27)43(46)47)51(48,49)42(32-17-19-33(50-2)20-18-32)26-37(44)41(25-29-12-9-13-30(39)22-29)36(23-28-10-5-3-6-11-28)38(45)40-31-14-7-4-8-15-31/h3,5-6,9-13,16-22,24,31,36H,4,7-8,14-15,23,25-26H2,1-2H3,(H,40,45)/t36-/m1/s1. The predicted molar refractivity (Wildman–Crippen MR) is 196 cm³/mol. The van der Waals surface area contributed by atoms with Crippen LogP contribution < -0.4 is 14.4 Å². The van der Waals surface area contributed by atoms with Gasteiger partial charge >= 0.3 is 0 Å². The molecule has 1 N–H and O–H groups in total. The summed E-state index contributed by atoms with van der Waals surface area (Å²) in [7, 11) is -3.09. The van der Waals surface area contributed by atoms with E-state index in [9.17, 15) is 28.1 Å². The largest absolute Gasteiger partial charge is 0.497 e. The van der Waals surface area contributed by atoms with E-state index in [1.807, 2.05) is 30.3 Å². The number of halogens is 1. The Balaban J connectivity index is 1.59. The lowest BCUT2D eigenvalue weighted by molar-refractivity contribution is -0.385. The zero-order valence-electron chi connectivity index (χ0n) is 28.5. The number of hydrogen-bond donors (Lipinski definition) is 1. The third kappa shape index (κ3) is 9.44. The SMILES string of the molecule is COc1ccc(N(CC(=O)N(Cc2cccc(Cl)c2)[C@H](Cc2ccccc2)C(=O)NC2CCCCC2)S(=O)(=O)c2ccc(C)c([N+](=O)[O-])c2)cc1. The van der Waals surface area contributed by atoms with Gasteiger partial charge in [-0.15, -0.1) is 0 Å². The van der Waals surface area contributed by atoms with E-state index in [1.54, 1.807) is 36.4 Å². The first-order valence-corrected chi connectivity index (χ1v) is 18.6. The Kier molecular flexibility index (Phi) is 12.3. The van der Waals surface area contributed by atoms with E-state index in [2.05, 4.69) is 5.32 Å². The Morgan fingerprint density at radius 1 is 0.941 bits per heavy atom. The van der Waals surface area contributed by atoms with Crippen LogP contribution in [0.5, 0.6) is 5.75 Å². The van der Waals surface area contributed by atoms with Crippen molar-refractivity contribution >= 4 is 44.8 Å². The van der Waals surface area contributed by atoms with Gasteiger partial charge in [0.1, 0.15) is 18.3 Å². The molecular weight excluding hydrogens is 692 g/mol. The van der Waals surface area contributed by atoms with E-state index in [-0.39, 0.29) is 46.7 Å². The number of methoxy groups -OCH3 is 1. The molecule has 1 saturated carbocycles. The van der Waals surface area contributed by atoms with Gasteiger partial charge in [0.05, 0.1) is 22.6 Å². The molecule has 0 unspecified atom stereocenters. The highest BCUT2D eigenvalue weighted by atomic mass is 35.5. The lowest BCUT2D eigenvalue weighted by atomic mass is 9.94. The number of amides is 2. The van der Waals surface area contributed by atoms with Crippen LogP contribution >= 0.6 is 11.6 Å². The number of nitrogens with one attached hydrogen (secondary N) is 1. The number of benzene rings is 4. The van der Waals surface area contributed by atoms with Crippen molar-refractivity contribution in [2.75, 3.05) is 18.0 Å². The van der Waals surface area contributed by atoms with Gasteiger partial charge in [0, 0.05) is 35.7 Å². The number of nitrogens with zero attached hydrogens (tertiary/aromatic N) is 3. The Bertz CT molecular complexity index is 1950. The second-order valence-electron chi connectivity index (χ2n) is 12.6. The average Bonchev–Trinajstić information content (AvgIpc) is 3.12. The topological polar surface area (TPSA) is 139 Å². The second-order valence-corrected chi connectivity index (χ2v) is 14.9. The van der Waals surface area contributed by atoms with E-state index in [1.165, 1.54) is 43.2 Å². The number of nitro groups is 1. The molecule has 0 heterocycles. The van der Waals surface area contributed by atoms with Gasteiger partial charge in [-0.2, -0.15) is 0 Å². The maximum atomic E-state index is 14.7. The van der Waals surface area contributed by atoms with Gasteiger partial charge in [0.25, 0.3) is 15.7 Å². The van der Waals surface area contributed by atoms with Gasteiger partial charge in [0.15, 0.2) is 0 Å². The molecular formula is C38H41ClN4O7S. The molecule has 0 spiro atoms. The summed E-state index contributed by atoms with van der Waals surface area (Å²) in [5.74, 6) is -0.539. The molecule has 5 rings (SSSR count). The average molecular weight is 733 g/mol. The number of nitro benzene ring substituents is 1. The highest BCUT2D eigenvalue weighted by molar-refractivity contribution is 7.92. The quantitative estimate of drug-likeness (QED) is 0.111. The van der Waals surface area contributed by atoms with Crippen LogP contribution in [0.15, 0.2) is 102 Å². The maximum Gasteiger partial charge on any atom is 0.273 e. The van der Waals surface area contributed by atoms with E-state index in [4.69, 9.17) is 16.3 Å². The van der Waals surface area contributed by atoms with Crippen molar-refractivity contribution in [3.8, 4) is 5.75 Å². The monoisotopic (exact) mass is 732 g/mol. The molecule has 11 nitrogen and oxygen atoms in total. The highest BCUT2D eigenvalue weighted by Gasteiger charge is 2.36. The minimum Gasteiger partial charge on any atom is -0.497 e. The molecule has 4 aromatic rings. The van der Waals surface area contributed by atoms with Crippen LogP contribution in [0, 0.1) is 17.0 Å². The molecule has 1 atom stereocenters. The molecule has 0 radical (unpaired) electrons. The van der Waals surface area contributed by atoms with E-state index in [0.29, 0.717) is 16.3 Å². The van der Waals surface area contributed by atoms with Gasteiger partial charge in [0.2, 0.25) is 11.8 Å². The maximum absolute atomic E-state index is 14.7. The number of carbonyl (C=O) groups excluding carboxylic acids is 2. The Morgan fingerprint density at radius 2 is 1.63 bits per heavy atom. The predicted octanol–water partition coefficient (Wildman–Crippen LogP) is 6.85. The lowest BCUT2D eigenvalue weighted by Gasteiger charge is -2.35. The Morgan fingerprint density at radius 3 is 2.27 bits per heavy atom. The molecule has 1 aliphatic carbocycles. The summed E-state index contributed by atoms with van der Waals surface area (Å²) in [4.78, 5) is 41.2. The fourth-order valence-electron chi connectivity index (χ4n) is 6.28. The molecule has 4 aromatic carbocycles. The Labute approximate surface area is 303 Å². The first kappa shape index (κ1) is 37.3. The first-order chi connectivity index (χ1) is 24.5. The summed E-state index contributed by atoms with van der Waals surface area (Å²) in [6.45, 7) is 0.763. The third-order valence-corrected chi connectivity index (χ3v) is 11.1. The fraction of sp³-hybridized carbons (Fsp3) is 0.316. The number of ether oxygens (including phenoxy) is 1. The minimum atomic E-state index is -4.56. The van der Waals surface area contributed by atoms with Crippen LogP contribution in [0.1, 0.15) is 48.8 Å². The molecule has 1 fully saturated rings. The lowest BCUT2D eigenvalue weighted by Crippen LogP contribution is -2.55. The van der Waals surface area contributed by atoms with Crippen LogP contribution in [0.4, 0.5) is 11.4 Å². The van der Waals surface area contributed by atoms with Gasteiger partial charge in [-0.25, -0.2) is 8.42 Å². The van der Waals surface area contributed by atoms with Gasteiger partial charge in [-0.1, -0.05) is 79.4 Å². The number of aryl methyl sites for hydroxylation is 1. The Hall–Kier alpha value is -4.94. The van der Waals surface area contributed by atoms with Gasteiger partial charge in [-0.05, 0) is 73.4 Å². The van der Waals surface area contributed by atoms with Crippen LogP contribution in [-0.4, -0.2) is 55.8 Å². The van der Waals surface area contributed by atoms with Crippen LogP contribution in [0.3, 0.4) is 0 Å². The van der Waals surface area contributed by atoms with Gasteiger partial charge in [-0.3, -0.25) is 24.0 Å². The number of hydrogen-bond acceptors (Lipinski definition) is 7. The molecule has 268 valence electrons. The number of carbonyl (C=O) groups is 2. The smallest absolute Gasteiger partial charge is 0.273 e. The van der Waals surface area contributed by atoms with E-state index < -0.39 is 33.4 Å². The number of sulfonamides is 1. The van der Waals surface area contributed by atoms with Crippen molar-refractivity contribution < 1.29 is 27.7 Å². The number of rotatable bonds is 14. The van der Waals surface area contributed by atoms with Gasteiger partial charge < -0.3 is 15.0 Å². The van der Waals surface area contributed by atoms with Crippen LogP contribution in [0.25, 0.3) is 0 Å². The highest BCUT2D eigenvalue weighted by Crippen LogP contribution is 2.30. The molecule has 51 heavy (non-hydrogen) atoms. The molecule has 0 aromatic heterocycles. The van der Waals surface area contributed by atoms with Crippen molar-refractivity contribution in [2.24, 2.45) is 0 Å². The fourth-order valence-corrected chi connectivity index (χ4v) is 7.93. The van der Waals surface area contributed by atoms with Crippen molar-refractivity contribution in [3.05, 3.63) is 129 Å². The molecule has 1 aliphatic rings. The summed E-state index contributed by atoms with van der Waals surface area (Å²) < 4.78 is 35.0. The molecule has 0 aliphatic heterocycles. The second kappa shape index (κ2) is 16.8. The summed E-state index contributed by atoms with van der Waals surface area (Å²) in [6.07, 6.45) is 4.91. The zero-order valence-corrected chi connectivity index (χ0v) is 30.1. The third-order valence-electron chi connectivity index (χ3n) is 9.07. The normalized spacial score (nSPS) is 13.9. The van der Waals surface area contributed by atoms with E-state index in [0.717, 1.165) is 48.0 Å². The molecule has 13 heteroatoms. The minimum absolute atomic E-state index is 0.0402.